The van der Waals surface area contributed by atoms with Crippen molar-refractivity contribution in [3.8, 4) is 0 Å². The predicted molar refractivity (Wildman–Crippen MR) is 98.1 cm³/mol. The number of hydrogen-bond donors (Lipinski definition) is 0. The molecule has 137 valence electrons. The van der Waals surface area contributed by atoms with Crippen molar-refractivity contribution in [1.82, 2.24) is 0 Å². The second kappa shape index (κ2) is 9.25. The van der Waals surface area contributed by atoms with E-state index in [1.165, 1.54) is 96.3 Å². The summed E-state index contributed by atoms with van der Waals surface area (Å²) < 4.78 is 4.41. The maximum atomic E-state index is 9.13. The second-order valence-corrected chi connectivity index (χ2v) is 19.6. The molecule has 0 unspecified atom stereocenters. The van der Waals surface area contributed by atoms with Crippen LogP contribution in [0.2, 0.25) is 0 Å². The zero-order valence-electron chi connectivity index (χ0n) is 14.5. The zero-order valence-corrected chi connectivity index (χ0v) is 17.6. The fourth-order valence-electron chi connectivity index (χ4n) is 5.80. The minimum absolute atomic E-state index is 0.118. The topological polar surface area (TPSA) is 48.8 Å². The molecule has 0 aromatic carbocycles. The molecule has 0 heterocycles. The van der Waals surface area contributed by atoms with E-state index in [9.17, 15) is 0 Å². The molecule has 0 radical (unpaired) electrons. The molecule has 3 aliphatic carbocycles. The Morgan fingerprint density at radius 2 is 1.00 bits per heavy atom. The molecule has 0 N–H and O–H groups in total. The summed E-state index contributed by atoms with van der Waals surface area (Å²) >= 11 is -0.118. The first-order valence-electron chi connectivity index (χ1n) is 10.0. The first-order chi connectivity index (χ1) is 11.4. The molecule has 0 saturated heterocycles. The van der Waals surface area contributed by atoms with Gasteiger partial charge in [-0.3, -0.25) is 0 Å². The summed E-state index contributed by atoms with van der Waals surface area (Å²) in [5, 5.41) is -1.44. The van der Waals surface area contributed by atoms with Gasteiger partial charge in [-0.2, -0.15) is 0 Å². The molecule has 0 aromatic rings. The van der Waals surface area contributed by atoms with Gasteiger partial charge in [0.2, 0.25) is 0 Å². The number of nitrogens with zero attached hydrogens (tertiary/aromatic N) is 3. The summed E-state index contributed by atoms with van der Waals surface area (Å²) in [5.41, 5.74) is 12.2. The normalized spacial score (nSPS) is 26.8. The van der Waals surface area contributed by atoms with Crippen LogP contribution in [0.5, 0.6) is 0 Å². The van der Waals surface area contributed by atoms with Crippen LogP contribution in [-0.2, 0) is 19.5 Å². The van der Waals surface area contributed by atoms with Gasteiger partial charge in [-0.25, -0.2) is 0 Å². The van der Waals surface area contributed by atoms with Crippen LogP contribution in [0, 0.1) is 0 Å². The van der Waals surface area contributed by atoms with Gasteiger partial charge in [0, 0.05) is 0 Å². The van der Waals surface area contributed by atoms with Crippen molar-refractivity contribution in [1.29, 1.82) is 0 Å². The van der Waals surface area contributed by atoms with Gasteiger partial charge in [-0.15, -0.1) is 0 Å². The van der Waals surface area contributed by atoms with Crippen LogP contribution in [0.15, 0.2) is 3.52 Å². The van der Waals surface area contributed by atoms with E-state index in [2.05, 4.69) is 8.43 Å². The molecule has 0 aliphatic heterocycles. The molecule has 3 saturated carbocycles. The molecule has 0 atom stereocenters. The van der Waals surface area contributed by atoms with Crippen molar-refractivity contribution in [2.45, 2.75) is 113 Å². The van der Waals surface area contributed by atoms with Crippen LogP contribution in [0.1, 0.15) is 96.3 Å². The van der Waals surface area contributed by atoms with E-state index in [-0.39, 0.29) is 19.5 Å². The average Bonchev–Trinajstić information content (AvgIpc) is 2.65. The van der Waals surface area contributed by atoms with E-state index in [4.69, 9.17) is 5.53 Å². The van der Waals surface area contributed by atoms with Crippen LogP contribution in [0.4, 0.5) is 0 Å². The summed E-state index contributed by atoms with van der Waals surface area (Å²) in [7, 11) is 0. The van der Waals surface area contributed by atoms with Crippen LogP contribution in [-0.4, -0.2) is 17.0 Å². The van der Waals surface area contributed by atoms with E-state index >= 15 is 0 Å². The van der Waals surface area contributed by atoms with Crippen molar-refractivity contribution >= 4 is 5.15 Å². The Balaban J connectivity index is 1.92. The Morgan fingerprint density at radius 3 is 1.30 bits per heavy atom. The van der Waals surface area contributed by atoms with Gasteiger partial charge < -0.3 is 0 Å². The Kier molecular flexibility index (Phi) is 7.35. The van der Waals surface area contributed by atoms with E-state index in [0.717, 1.165) is 17.0 Å². The fraction of sp³-hybridized carbons (Fsp3) is 1.00. The Labute approximate surface area is 151 Å². The molecule has 0 aromatic heterocycles. The molecule has 0 amide bonds. The zero-order chi connectivity index (χ0) is 16.0. The molecule has 3 rings (SSSR count). The van der Waals surface area contributed by atoms with Crippen molar-refractivity contribution in [3.63, 3.8) is 0 Å². The van der Waals surface area contributed by atoms with Gasteiger partial charge in [0.05, 0.1) is 0 Å². The van der Waals surface area contributed by atoms with Crippen LogP contribution >= 0.6 is 5.15 Å². The molecular formula is C18H34AuN3P. The molecule has 3 aliphatic rings. The number of hydrogen-bond acceptors (Lipinski definition) is 1. The maximum absolute atomic E-state index is 9.13. The van der Waals surface area contributed by atoms with Crippen molar-refractivity contribution in [2.24, 2.45) is 3.52 Å². The Hall–Kier alpha value is 0.480. The molecule has 3 fully saturated rings. The summed E-state index contributed by atoms with van der Waals surface area (Å²) in [6.45, 7) is 0. The standard InChI is InChI=1S/C18H33P.Au.N3/c1-4-10-16(11-5-1)19(17-12-6-2-7-13-17)18-14-8-3-9-15-18;;1-3-2/h16-18H,1-15H2;;/q;;-1/p+1. The molecule has 0 spiro atoms. The van der Waals surface area contributed by atoms with E-state index < -0.39 is 5.15 Å². The first kappa shape index (κ1) is 18.3. The van der Waals surface area contributed by atoms with Crippen molar-refractivity contribution in [3.05, 3.63) is 10.4 Å². The van der Waals surface area contributed by atoms with E-state index in [1.54, 1.807) is 0 Å². The molecular weight excluding hydrogens is 486 g/mol. The van der Waals surface area contributed by atoms with E-state index in [1.807, 2.05) is 0 Å². The van der Waals surface area contributed by atoms with Crippen LogP contribution in [0.25, 0.3) is 10.4 Å². The molecule has 23 heavy (non-hydrogen) atoms. The van der Waals surface area contributed by atoms with Crippen LogP contribution < -0.4 is 0 Å². The summed E-state index contributed by atoms with van der Waals surface area (Å²) in [5.74, 6) is 0. The van der Waals surface area contributed by atoms with E-state index in [0.29, 0.717) is 0 Å². The van der Waals surface area contributed by atoms with Crippen molar-refractivity contribution < 1.29 is 19.5 Å². The minimum atomic E-state index is -1.44. The summed E-state index contributed by atoms with van der Waals surface area (Å²) in [6.07, 6.45) is 22.0. The quantitative estimate of drug-likeness (QED) is 0.124. The van der Waals surface area contributed by atoms with Crippen LogP contribution in [0.3, 0.4) is 0 Å². The van der Waals surface area contributed by atoms with Crippen molar-refractivity contribution in [2.75, 3.05) is 0 Å². The Morgan fingerprint density at radius 1 is 0.652 bits per heavy atom. The van der Waals surface area contributed by atoms with Gasteiger partial charge in [0.1, 0.15) is 0 Å². The third kappa shape index (κ3) is 4.18. The molecule has 0 bridgehead atoms. The summed E-state index contributed by atoms with van der Waals surface area (Å²) in [4.78, 5) is 3.31. The Bertz CT molecular complexity index is 361. The third-order valence-electron chi connectivity index (χ3n) is 6.77. The second-order valence-electron chi connectivity index (χ2n) is 7.98. The number of rotatable bonds is 5. The SMILES string of the molecule is [N-]=[N+]=[N][Au][PH](C1CCCCC1)(C1CCCCC1)C1CCCCC1. The first-order valence-corrected chi connectivity index (χ1v) is 16.3. The van der Waals surface area contributed by atoms with Gasteiger partial charge in [-0.05, 0) is 0 Å². The van der Waals surface area contributed by atoms with Gasteiger partial charge in [0.15, 0.2) is 0 Å². The summed E-state index contributed by atoms with van der Waals surface area (Å²) in [6, 6.07) is 0. The van der Waals surface area contributed by atoms with Gasteiger partial charge in [-0.1, -0.05) is 0 Å². The average molecular weight is 520 g/mol. The third-order valence-corrected chi connectivity index (χ3v) is 23.7. The van der Waals surface area contributed by atoms with Gasteiger partial charge >= 0.3 is 152 Å². The number of azide groups is 1. The molecule has 3 nitrogen and oxygen atoms in total. The fourth-order valence-corrected chi connectivity index (χ4v) is 22.6. The predicted octanol–water partition coefficient (Wildman–Crippen LogP) is 6.96. The monoisotopic (exact) mass is 520 g/mol. The molecule has 5 heteroatoms. The van der Waals surface area contributed by atoms with Gasteiger partial charge in [0.25, 0.3) is 0 Å².